The van der Waals surface area contributed by atoms with Crippen LogP contribution in [0.5, 0.6) is 5.75 Å². The number of rotatable bonds is 12. The van der Waals surface area contributed by atoms with Crippen molar-refractivity contribution in [3.8, 4) is 5.75 Å². The molecular formula is C23H38N4O4. The molecular weight excluding hydrogens is 396 g/mol. The van der Waals surface area contributed by atoms with E-state index in [1.165, 1.54) is 0 Å². The Morgan fingerprint density at radius 1 is 1.29 bits per heavy atom. The van der Waals surface area contributed by atoms with Crippen LogP contribution >= 0.6 is 0 Å². The van der Waals surface area contributed by atoms with Crippen LogP contribution in [0.2, 0.25) is 0 Å². The maximum Gasteiger partial charge on any atom is 0.223 e. The van der Waals surface area contributed by atoms with Crippen molar-refractivity contribution >= 4 is 17.6 Å². The van der Waals surface area contributed by atoms with Crippen LogP contribution in [0.4, 0.5) is 5.69 Å². The predicted octanol–water partition coefficient (Wildman–Crippen LogP) is 2.90. The highest BCUT2D eigenvalue weighted by molar-refractivity contribution is 5.93. The van der Waals surface area contributed by atoms with Gasteiger partial charge in [0.05, 0.1) is 18.8 Å². The second kappa shape index (κ2) is 13.9. The standard InChI is InChI=1S/C23H38N4O4/c1-18(2)31-20-10-8-19(9-11-20)26-23(25-14-12-22(28)27(3)4)24-13-6-15-29-17-21-7-5-16-30-21/h8-11,18,21H,5-7,12-17H2,1-4H3,(H2,24,25,26). The molecule has 1 heterocycles. The first kappa shape index (κ1) is 24.9. The molecule has 0 bridgehead atoms. The number of benzene rings is 1. The number of hydrogen-bond acceptors (Lipinski definition) is 5. The lowest BCUT2D eigenvalue weighted by atomic mass is 10.2. The Morgan fingerprint density at radius 2 is 2.06 bits per heavy atom. The minimum absolute atomic E-state index is 0.0737. The highest BCUT2D eigenvalue weighted by Gasteiger charge is 2.14. The quantitative estimate of drug-likeness (QED) is 0.299. The van der Waals surface area contributed by atoms with Crippen molar-refractivity contribution in [1.29, 1.82) is 0 Å². The van der Waals surface area contributed by atoms with E-state index in [1.807, 2.05) is 38.1 Å². The van der Waals surface area contributed by atoms with Crippen molar-refractivity contribution < 1.29 is 19.0 Å². The Morgan fingerprint density at radius 3 is 2.71 bits per heavy atom. The summed E-state index contributed by atoms with van der Waals surface area (Å²) in [6, 6.07) is 7.75. The van der Waals surface area contributed by atoms with Crippen LogP contribution in [0.15, 0.2) is 29.3 Å². The third kappa shape index (κ3) is 10.5. The van der Waals surface area contributed by atoms with Crippen LogP contribution < -0.4 is 15.4 Å². The van der Waals surface area contributed by atoms with Crippen LogP contribution in [-0.4, -0.2) is 76.0 Å². The largest absolute Gasteiger partial charge is 0.491 e. The maximum atomic E-state index is 11.8. The van der Waals surface area contributed by atoms with Gasteiger partial charge in [0.1, 0.15) is 5.75 Å². The van der Waals surface area contributed by atoms with Crippen LogP contribution in [0, 0.1) is 0 Å². The van der Waals surface area contributed by atoms with Gasteiger partial charge in [-0.1, -0.05) is 0 Å². The summed E-state index contributed by atoms with van der Waals surface area (Å²) < 4.78 is 17.0. The first-order valence-electron chi connectivity index (χ1n) is 11.2. The lowest BCUT2D eigenvalue weighted by Gasteiger charge is -2.15. The number of amides is 1. The Labute approximate surface area is 186 Å². The summed E-state index contributed by atoms with van der Waals surface area (Å²) in [5.41, 5.74) is 0.899. The fraction of sp³-hybridized carbons (Fsp3) is 0.652. The van der Waals surface area contributed by atoms with Gasteiger partial charge in [-0.25, -0.2) is 0 Å². The molecule has 1 aliphatic heterocycles. The van der Waals surface area contributed by atoms with Crippen molar-refractivity contribution in [2.45, 2.75) is 51.7 Å². The highest BCUT2D eigenvalue weighted by Crippen LogP contribution is 2.17. The molecule has 0 radical (unpaired) electrons. The fourth-order valence-electron chi connectivity index (χ4n) is 3.02. The third-order valence-corrected chi connectivity index (χ3v) is 4.66. The summed E-state index contributed by atoms with van der Waals surface area (Å²) in [5.74, 6) is 1.54. The zero-order chi connectivity index (χ0) is 22.5. The zero-order valence-electron chi connectivity index (χ0n) is 19.4. The average molecular weight is 435 g/mol. The molecule has 1 fully saturated rings. The molecule has 1 aliphatic rings. The molecule has 1 saturated heterocycles. The molecule has 1 amide bonds. The van der Waals surface area contributed by atoms with Crippen molar-refractivity contribution in [2.75, 3.05) is 52.3 Å². The zero-order valence-corrected chi connectivity index (χ0v) is 19.4. The van der Waals surface area contributed by atoms with Crippen LogP contribution in [0.25, 0.3) is 0 Å². The topological polar surface area (TPSA) is 84.4 Å². The molecule has 2 rings (SSSR count). The van der Waals surface area contributed by atoms with Crippen LogP contribution in [0.3, 0.4) is 0 Å². The molecule has 0 aromatic heterocycles. The Bertz CT molecular complexity index is 671. The molecule has 174 valence electrons. The summed E-state index contributed by atoms with van der Waals surface area (Å²) in [7, 11) is 3.51. The summed E-state index contributed by atoms with van der Waals surface area (Å²) in [5, 5.41) is 6.53. The normalized spacial score (nSPS) is 16.4. The summed E-state index contributed by atoms with van der Waals surface area (Å²) in [4.78, 5) is 18.1. The van der Waals surface area contributed by atoms with Gasteiger partial charge in [-0.15, -0.1) is 0 Å². The van der Waals surface area contributed by atoms with Gasteiger partial charge < -0.3 is 29.7 Å². The van der Waals surface area contributed by atoms with E-state index in [9.17, 15) is 4.79 Å². The van der Waals surface area contributed by atoms with E-state index in [4.69, 9.17) is 14.2 Å². The fourth-order valence-corrected chi connectivity index (χ4v) is 3.02. The van der Waals surface area contributed by atoms with E-state index in [1.54, 1.807) is 19.0 Å². The second-order valence-electron chi connectivity index (χ2n) is 8.07. The molecule has 0 aliphatic carbocycles. The minimum atomic E-state index is 0.0737. The van der Waals surface area contributed by atoms with Crippen LogP contribution in [0.1, 0.15) is 39.5 Å². The number of nitrogens with one attached hydrogen (secondary N) is 2. The Kier molecular flexibility index (Phi) is 11.2. The molecule has 0 saturated carbocycles. The molecule has 0 spiro atoms. The molecule has 8 nitrogen and oxygen atoms in total. The Balaban J connectivity index is 1.82. The maximum absolute atomic E-state index is 11.8. The van der Waals surface area contributed by atoms with Crippen LogP contribution in [-0.2, 0) is 14.3 Å². The van der Waals surface area contributed by atoms with E-state index in [2.05, 4.69) is 15.6 Å². The second-order valence-corrected chi connectivity index (χ2v) is 8.07. The lowest BCUT2D eigenvalue weighted by Crippen LogP contribution is -2.34. The van der Waals surface area contributed by atoms with Crippen molar-refractivity contribution in [2.24, 2.45) is 4.99 Å². The van der Waals surface area contributed by atoms with Gasteiger partial charge in [-0.3, -0.25) is 9.79 Å². The van der Waals surface area contributed by atoms with E-state index in [0.717, 1.165) is 37.3 Å². The number of nitrogens with zero attached hydrogens (tertiary/aromatic N) is 2. The van der Waals surface area contributed by atoms with Gasteiger partial charge >= 0.3 is 0 Å². The number of anilines is 1. The molecule has 1 atom stereocenters. The number of carbonyl (C=O) groups is 1. The molecule has 8 heteroatoms. The SMILES string of the molecule is CC(C)Oc1ccc(NC(=NCCCOCC2CCCO2)NCCC(=O)N(C)C)cc1. The first-order chi connectivity index (χ1) is 14.9. The van der Waals surface area contributed by atoms with E-state index < -0.39 is 0 Å². The predicted molar refractivity (Wildman–Crippen MR) is 124 cm³/mol. The number of carbonyl (C=O) groups excluding carboxylic acids is 1. The monoisotopic (exact) mass is 434 g/mol. The van der Waals surface area contributed by atoms with E-state index >= 15 is 0 Å². The van der Waals surface area contributed by atoms with E-state index in [-0.39, 0.29) is 18.1 Å². The van der Waals surface area contributed by atoms with Gasteiger partial charge in [0.15, 0.2) is 5.96 Å². The van der Waals surface area contributed by atoms with Gasteiger partial charge in [0, 0.05) is 52.5 Å². The van der Waals surface area contributed by atoms with Gasteiger partial charge in [-0.2, -0.15) is 0 Å². The Hall–Kier alpha value is -2.32. The number of guanidine groups is 1. The average Bonchev–Trinajstić information content (AvgIpc) is 3.24. The first-order valence-corrected chi connectivity index (χ1v) is 11.2. The van der Waals surface area contributed by atoms with E-state index in [0.29, 0.717) is 38.7 Å². The molecule has 1 aromatic rings. The minimum Gasteiger partial charge on any atom is -0.491 e. The highest BCUT2D eigenvalue weighted by atomic mass is 16.5. The molecule has 1 aromatic carbocycles. The number of ether oxygens (including phenoxy) is 3. The summed E-state index contributed by atoms with van der Waals surface area (Å²) >= 11 is 0. The lowest BCUT2D eigenvalue weighted by molar-refractivity contribution is -0.128. The number of hydrogen-bond donors (Lipinski definition) is 2. The van der Waals surface area contributed by atoms with Crippen molar-refractivity contribution in [3.63, 3.8) is 0 Å². The molecule has 2 N–H and O–H groups in total. The molecule has 1 unspecified atom stereocenters. The number of aliphatic imine (C=N–C) groups is 1. The van der Waals surface area contributed by atoms with Gasteiger partial charge in [-0.05, 0) is 57.4 Å². The summed E-state index contributed by atoms with van der Waals surface area (Å²) in [6.45, 7) is 7.28. The third-order valence-electron chi connectivity index (χ3n) is 4.66. The summed E-state index contributed by atoms with van der Waals surface area (Å²) in [6.07, 6.45) is 3.81. The smallest absolute Gasteiger partial charge is 0.223 e. The van der Waals surface area contributed by atoms with Gasteiger partial charge in [0.2, 0.25) is 5.91 Å². The van der Waals surface area contributed by atoms with Gasteiger partial charge in [0.25, 0.3) is 0 Å². The van der Waals surface area contributed by atoms with Crippen molar-refractivity contribution in [1.82, 2.24) is 10.2 Å². The molecule has 31 heavy (non-hydrogen) atoms. The van der Waals surface area contributed by atoms with Crippen molar-refractivity contribution in [3.05, 3.63) is 24.3 Å².